The molecular formula is C13H17BrN2. The summed E-state index contributed by atoms with van der Waals surface area (Å²) in [6, 6.07) is 4.38. The maximum Gasteiger partial charge on any atom is 0.113 e. The zero-order valence-corrected chi connectivity index (χ0v) is 11.4. The van der Waals surface area contributed by atoms with Crippen LogP contribution in [0.15, 0.2) is 18.3 Å². The van der Waals surface area contributed by atoms with Crippen LogP contribution in [-0.4, -0.2) is 9.38 Å². The number of alkyl halides is 1. The van der Waals surface area contributed by atoms with Gasteiger partial charge in [-0.1, -0.05) is 35.8 Å². The van der Waals surface area contributed by atoms with E-state index in [4.69, 9.17) is 0 Å². The topological polar surface area (TPSA) is 17.3 Å². The van der Waals surface area contributed by atoms with Gasteiger partial charge in [-0.15, -0.1) is 0 Å². The molecule has 0 spiro atoms. The van der Waals surface area contributed by atoms with Crippen molar-refractivity contribution in [2.24, 2.45) is 0 Å². The smallest absolute Gasteiger partial charge is 0.113 e. The molecule has 0 saturated heterocycles. The van der Waals surface area contributed by atoms with Crippen molar-refractivity contribution in [2.75, 3.05) is 0 Å². The van der Waals surface area contributed by atoms with Crippen LogP contribution in [0, 0.1) is 0 Å². The molecule has 0 aromatic carbocycles. The van der Waals surface area contributed by atoms with E-state index in [-0.39, 0.29) is 0 Å². The van der Waals surface area contributed by atoms with Gasteiger partial charge in [0.15, 0.2) is 0 Å². The number of hydrogen-bond acceptors (Lipinski definition) is 1. The zero-order chi connectivity index (χ0) is 11.5. The van der Waals surface area contributed by atoms with E-state index in [0.717, 1.165) is 30.3 Å². The molecule has 0 atom stereocenters. The Labute approximate surface area is 105 Å². The first-order valence-electron chi connectivity index (χ1n) is 5.84. The van der Waals surface area contributed by atoms with Crippen molar-refractivity contribution in [1.29, 1.82) is 0 Å². The molecule has 0 saturated carbocycles. The molecule has 0 bridgehead atoms. The number of imidazole rings is 1. The van der Waals surface area contributed by atoms with Crippen molar-refractivity contribution >= 4 is 21.4 Å². The maximum absolute atomic E-state index is 4.69. The van der Waals surface area contributed by atoms with E-state index in [9.17, 15) is 0 Å². The zero-order valence-electron chi connectivity index (χ0n) is 9.83. The Morgan fingerprint density at radius 3 is 2.75 bits per heavy atom. The number of aromatic nitrogens is 2. The Balaban J connectivity index is 2.60. The number of aryl methyl sites for hydroxylation is 2. The first kappa shape index (κ1) is 11.6. The fourth-order valence-electron chi connectivity index (χ4n) is 1.97. The molecule has 0 radical (unpaired) electrons. The van der Waals surface area contributed by atoms with Gasteiger partial charge in [0.2, 0.25) is 0 Å². The number of nitrogens with zero attached hydrogens (tertiary/aromatic N) is 2. The average Bonchev–Trinajstić information content (AvgIpc) is 2.67. The Morgan fingerprint density at radius 2 is 2.12 bits per heavy atom. The highest BCUT2D eigenvalue weighted by molar-refractivity contribution is 9.08. The summed E-state index contributed by atoms with van der Waals surface area (Å²) < 4.78 is 2.25. The fraction of sp³-hybridized carbons (Fsp3) is 0.462. The minimum atomic E-state index is 0.825. The number of hydrogen-bond donors (Lipinski definition) is 0. The molecule has 0 N–H and O–H groups in total. The molecule has 0 unspecified atom stereocenters. The molecule has 0 amide bonds. The third kappa shape index (κ3) is 2.01. The highest BCUT2D eigenvalue weighted by Gasteiger charge is 2.09. The fourth-order valence-corrected chi connectivity index (χ4v) is 2.38. The summed E-state index contributed by atoms with van der Waals surface area (Å²) in [5.41, 5.74) is 3.74. The molecule has 0 aliphatic rings. The van der Waals surface area contributed by atoms with E-state index in [1.54, 1.807) is 0 Å². The first-order chi connectivity index (χ1) is 7.80. The highest BCUT2D eigenvalue weighted by Crippen LogP contribution is 2.18. The molecule has 2 aromatic heterocycles. The van der Waals surface area contributed by atoms with Crippen molar-refractivity contribution < 1.29 is 0 Å². The molecular weight excluding hydrogens is 264 g/mol. The molecule has 3 heteroatoms. The van der Waals surface area contributed by atoms with Gasteiger partial charge in [-0.05, 0) is 24.5 Å². The largest absolute Gasteiger partial charge is 0.303 e. The molecule has 0 aliphatic heterocycles. The normalized spacial score (nSPS) is 11.2. The Kier molecular flexibility index (Phi) is 3.64. The van der Waals surface area contributed by atoms with Crippen molar-refractivity contribution in [1.82, 2.24) is 9.38 Å². The number of fused-ring (bicyclic) bond motifs is 1. The average molecular weight is 281 g/mol. The van der Waals surface area contributed by atoms with Crippen LogP contribution in [0.2, 0.25) is 0 Å². The van der Waals surface area contributed by atoms with Crippen LogP contribution in [0.3, 0.4) is 0 Å². The second-order valence-corrected chi connectivity index (χ2v) is 4.57. The van der Waals surface area contributed by atoms with E-state index in [1.165, 1.54) is 16.9 Å². The van der Waals surface area contributed by atoms with Crippen LogP contribution in [0.5, 0.6) is 0 Å². The molecule has 2 heterocycles. The second kappa shape index (κ2) is 5.00. The molecule has 86 valence electrons. The van der Waals surface area contributed by atoms with Gasteiger partial charge >= 0.3 is 0 Å². The summed E-state index contributed by atoms with van der Waals surface area (Å²) in [4.78, 5) is 4.69. The van der Waals surface area contributed by atoms with Gasteiger partial charge in [0.05, 0.1) is 11.2 Å². The lowest BCUT2D eigenvalue weighted by molar-refractivity contribution is 0.825. The Bertz CT molecular complexity index is 488. The first-order valence-corrected chi connectivity index (χ1v) is 6.97. The van der Waals surface area contributed by atoms with Gasteiger partial charge in [0, 0.05) is 17.9 Å². The van der Waals surface area contributed by atoms with E-state index in [2.05, 4.69) is 57.5 Å². The van der Waals surface area contributed by atoms with Crippen LogP contribution < -0.4 is 0 Å². The predicted molar refractivity (Wildman–Crippen MR) is 71.2 cm³/mol. The highest BCUT2D eigenvalue weighted by atomic mass is 79.9. The lowest BCUT2D eigenvalue weighted by atomic mass is 10.2. The summed E-state index contributed by atoms with van der Waals surface area (Å²) in [7, 11) is 0. The standard InChI is InChI=1S/C13H17BrN2/c1-3-5-13-15-11(8-14)12-7-6-10(4-2)9-16(12)13/h6-7,9H,3-5,8H2,1-2H3. The van der Waals surface area contributed by atoms with E-state index in [0.29, 0.717) is 0 Å². The summed E-state index contributed by atoms with van der Waals surface area (Å²) in [6.07, 6.45) is 5.47. The molecule has 16 heavy (non-hydrogen) atoms. The van der Waals surface area contributed by atoms with Gasteiger partial charge in [-0.25, -0.2) is 4.98 Å². The molecule has 2 nitrogen and oxygen atoms in total. The monoisotopic (exact) mass is 280 g/mol. The third-order valence-corrected chi connectivity index (χ3v) is 3.39. The van der Waals surface area contributed by atoms with Crippen molar-refractivity contribution in [3.8, 4) is 0 Å². The van der Waals surface area contributed by atoms with Gasteiger partial charge < -0.3 is 4.40 Å². The Morgan fingerprint density at radius 1 is 1.31 bits per heavy atom. The van der Waals surface area contributed by atoms with Gasteiger partial charge in [-0.3, -0.25) is 0 Å². The number of pyridine rings is 1. The van der Waals surface area contributed by atoms with Gasteiger partial charge in [0.1, 0.15) is 5.82 Å². The predicted octanol–water partition coefficient (Wildman–Crippen LogP) is 3.74. The lowest BCUT2D eigenvalue weighted by Crippen LogP contribution is -1.95. The molecule has 2 aromatic rings. The quantitative estimate of drug-likeness (QED) is 0.780. The SMILES string of the molecule is CCCc1nc(CBr)c2ccc(CC)cn12. The molecule has 2 rings (SSSR count). The lowest BCUT2D eigenvalue weighted by Gasteiger charge is -2.02. The van der Waals surface area contributed by atoms with E-state index >= 15 is 0 Å². The summed E-state index contributed by atoms with van der Waals surface area (Å²) in [5, 5.41) is 0.825. The molecule has 0 fully saturated rings. The Hall–Kier alpha value is -0.830. The van der Waals surface area contributed by atoms with Crippen molar-refractivity contribution in [2.45, 2.75) is 38.4 Å². The molecule has 0 aliphatic carbocycles. The van der Waals surface area contributed by atoms with Gasteiger partial charge in [-0.2, -0.15) is 0 Å². The van der Waals surface area contributed by atoms with Crippen LogP contribution in [-0.2, 0) is 18.2 Å². The number of rotatable bonds is 4. The van der Waals surface area contributed by atoms with Crippen LogP contribution in [0.25, 0.3) is 5.52 Å². The van der Waals surface area contributed by atoms with E-state index < -0.39 is 0 Å². The minimum absolute atomic E-state index is 0.825. The van der Waals surface area contributed by atoms with Crippen molar-refractivity contribution in [3.63, 3.8) is 0 Å². The van der Waals surface area contributed by atoms with Gasteiger partial charge in [0.25, 0.3) is 0 Å². The van der Waals surface area contributed by atoms with Crippen LogP contribution in [0.1, 0.15) is 37.4 Å². The van der Waals surface area contributed by atoms with E-state index in [1.807, 2.05) is 0 Å². The van der Waals surface area contributed by atoms with Crippen LogP contribution in [0.4, 0.5) is 0 Å². The van der Waals surface area contributed by atoms with Crippen LogP contribution >= 0.6 is 15.9 Å². The summed E-state index contributed by atoms with van der Waals surface area (Å²) >= 11 is 3.50. The number of halogens is 1. The summed E-state index contributed by atoms with van der Waals surface area (Å²) in [6.45, 7) is 4.38. The third-order valence-electron chi connectivity index (χ3n) is 2.86. The second-order valence-electron chi connectivity index (χ2n) is 4.00. The minimum Gasteiger partial charge on any atom is -0.303 e. The van der Waals surface area contributed by atoms with Crippen molar-refractivity contribution in [3.05, 3.63) is 35.4 Å². The summed E-state index contributed by atoms with van der Waals surface area (Å²) in [5.74, 6) is 1.18. The maximum atomic E-state index is 4.69.